The van der Waals surface area contributed by atoms with Gasteiger partial charge in [-0.25, -0.2) is 0 Å². The fourth-order valence-corrected chi connectivity index (χ4v) is 9.44. The number of aliphatic carboxylic acids is 9. The second kappa shape index (κ2) is 43.7. The maximum Gasteiger partial charge on any atom is 0.320 e. The molecule has 1 aliphatic rings. The predicted octanol–water partition coefficient (Wildman–Crippen LogP) is -1.56. The highest BCUT2D eigenvalue weighted by atomic mass is 19.1. The van der Waals surface area contributed by atoms with E-state index >= 15 is 0 Å². The van der Waals surface area contributed by atoms with Crippen LogP contribution in [0.3, 0.4) is 0 Å². The number of Topliss-reactive ketones (excluding diaryl/α,β-unsaturated/α-hetero) is 1. The van der Waals surface area contributed by atoms with E-state index in [0.717, 1.165) is 19.6 Å². The van der Waals surface area contributed by atoms with Crippen LogP contribution in [0.5, 0.6) is 0 Å². The highest BCUT2D eigenvalue weighted by Gasteiger charge is 2.40. The summed E-state index contributed by atoms with van der Waals surface area (Å²) in [7, 11) is 0. The van der Waals surface area contributed by atoms with Crippen molar-refractivity contribution in [3.63, 3.8) is 0 Å². The highest BCUT2D eigenvalue weighted by Crippen LogP contribution is 2.25. The van der Waals surface area contributed by atoms with Gasteiger partial charge in [-0.1, -0.05) is 12.8 Å². The van der Waals surface area contributed by atoms with Crippen molar-refractivity contribution in [1.29, 1.82) is 0 Å². The van der Waals surface area contributed by atoms with Gasteiger partial charge < -0.3 is 76.1 Å². The normalized spacial score (nSPS) is 14.8. The summed E-state index contributed by atoms with van der Waals surface area (Å²) in [5.41, 5.74) is -1.71. The number of rotatable bonds is 56. The lowest BCUT2D eigenvalue weighted by atomic mass is 10.0. The van der Waals surface area contributed by atoms with Crippen molar-refractivity contribution in [2.75, 3.05) is 105 Å². The number of halogens is 1. The molecule has 0 spiro atoms. The van der Waals surface area contributed by atoms with Crippen LogP contribution >= 0.6 is 0 Å². The minimum Gasteiger partial charge on any atom is -0.480 e. The summed E-state index contributed by atoms with van der Waals surface area (Å²) in [4.78, 5) is 185. The van der Waals surface area contributed by atoms with Crippen molar-refractivity contribution in [2.45, 2.75) is 139 Å². The number of carbonyl (C=O) groups is 15. The molecule has 35 heteroatoms. The molecule has 4 unspecified atom stereocenters. The summed E-state index contributed by atoms with van der Waals surface area (Å²) in [6, 6.07) is -4.34. The number of ketones is 1. The van der Waals surface area contributed by atoms with Gasteiger partial charge in [0.15, 0.2) is 0 Å². The Hall–Kier alpha value is -7.86. The van der Waals surface area contributed by atoms with Crippen LogP contribution in [-0.4, -0.2) is 283 Å². The summed E-state index contributed by atoms with van der Waals surface area (Å²) >= 11 is 0. The van der Waals surface area contributed by atoms with Crippen molar-refractivity contribution in [3.8, 4) is 0 Å². The lowest BCUT2D eigenvalue weighted by Crippen LogP contribution is -2.59. The molecule has 0 aromatic heterocycles. The van der Waals surface area contributed by atoms with E-state index in [1.165, 1.54) is 0 Å². The van der Waals surface area contributed by atoms with Crippen molar-refractivity contribution < 1.29 is 136 Å². The number of hydrogen-bond donors (Lipinski definition) is 12. The molecule has 0 bridgehead atoms. The standard InChI is InChI=1S/C54H84FN7O27/c55-18-8-9-35-25-43(67)62(50(35)80)21-14-42(66)58-54(32-87-22-15-36(63)10-2-1-3-11-37(51(81)82)59(26-44(68)69)27-45(70)71,33-88-23-16-40(64)56-19-6-4-12-38(52(83)84)60(28-46(72)73)29-47(74)75)34-89-24-17-41(65)57-20-7-5-13-39(53(85)86)61(30-48(76)77)31-49(78)79/h35,37-39H,1-34H2,(H,56,64)(H,57,65)(H,58,66)(H,68,69)(H,70,71)(H,72,73)(H,74,75)(H,76,77)(H,78,79)(H,81,82)(H,83,84)(H,85,86). The first-order valence-corrected chi connectivity index (χ1v) is 28.7. The van der Waals surface area contributed by atoms with E-state index in [9.17, 15) is 102 Å². The van der Waals surface area contributed by atoms with E-state index in [1.54, 1.807) is 0 Å². The molecule has 0 aromatic rings. The van der Waals surface area contributed by atoms with Gasteiger partial charge in [0, 0.05) is 64.1 Å². The molecule has 1 saturated heterocycles. The van der Waals surface area contributed by atoms with Crippen molar-refractivity contribution in [2.24, 2.45) is 5.92 Å². The monoisotopic (exact) mass is 1280 g/mol. The molecule has 5 amide bonds. The number of amides is 5. The summed E-state index contributed by atoms with van der Waals surface area (Å²) in [6.07, 6.45) is -0.379. The molecule has 89 heavy (non-hydrogen) atoms. The van der Waals surface area contributed by atoms with Gasteiger partial charge in [-0.2, -0.15) is 0 Å². The van der Waals surface area contributed by atoms with E-state index in [2.05, 4.69) is 16.0 Å². The van der Waals surface area contributed by atoms with Crippen molar-refractivity contribution in [3.05, 3.63) is 0 Å². The van der Waals surface area contributed by atoms with Gasteiger partial charge in [0.2, 0.25) is 29.5 Å². The average molecular weight is 1280 g/mol. The van der Waals surface area contributed by atoms with Gasteiger partial charge in [-0.15, -0.1) is 0 Å². The molecule has 1 fully saturated rings. The highest BCUT2D eigenvalue weighted by molar-refractivity contribution is 6.03. The number of carbonyl (C=O) groups excluding carboxylic acids is 6. The van der Waals surface area contributed by atoms with Crippen molar-refractivity contribution >= 4 is 89.0 Å². The maximum absolute atomic E-state index is 13.8. The quantitative estimate of drug-likeness (QED) is 0.0242. The van der Waals surface area contributed by atoms with Crippen LogP contribution in [0.4, 0.5) is 4.39 Å². The zero-order valence-electron chi connectivity index (χ0n) is 49.4. The van der Waals surface area contributed by atoms with E-state index in [4.69, 9.17) is 34.6 Å². The summed E-state index contributed by atoms with van der Waals surface area (Å²) < 4.78 is 30.6. The number of unbranched alkanes of at least 4 members (excludes halogenated alkanes) is 4. The van der Waals surface area contributed by atoms with Gasteiger partial charge in [-0.05, 0) is 64.2 Å². The molecule has 1 rings (SSSR count). The molecule has 0 aromatic carbocycles. The van der Waals surface area contributed by atoms with Crippen LogP contribution in [0, 0.1) is 5.92 Å². The van der Waals surface area contributed by atoms with Crippen LogP contribution < -0.4 is 16.0 Å². The predicted molar refractivity (Wildman–Crippen MR) is 298 cm³/mol. The summed E-state index contributed by atoms with van der Waals surface area (Å²) in [5.74, 6) is -17.1. The number of imide groups is 1. The number of ether oxygens (including phenoxy) is 3. The number of carboxylic acids is 9. The Morgan fingerprint density at radius 1 is 0.483 bits per heavy atom. The SMILES string of the molecule is O=C(O)CN(CC(=O)O)C(CCCCCC(=O)CCOCC(COCCC(=O)NCCCCC(C(=O)O)N(CC(=O)O)CC(=O)O)(COCCC(=O)NCCCCC(C(=O)O)N(CC(=O)O)CC(=O)O)NC(=O)CCN1C(=O)CC(CCCF)C1=O)C(=O)O. The number of nitrogens with zero attached hydrogens (tertiary/aromatic N) is 4. The second-order valence-electron chi connectivity index (χ2n) is 21.1. The second-order valence-corrected chi connectivity index (χ2v) is 21.1. The third kappa shape index (κ3) is 35.1. The molecule has 1 aliphatic heterocycles. The molecular formula is C54H84FN7O27. The van der Waals surface area contributed by atoms with Crippen LogP contribution in [0.25, 0.3) is 0 Å². The van der Waals surface area contributed by atoms with Crippen LogP contribution in [0.15, 0.2) is 0 Å². The Morgan fingerprint density at radius 3 is 1.21 bits per heavy atom. The van der Waals surface area contributed by atoms with E-state index in [0.29, 0.717) is 6.42 Å². The minimum absolute atomic E-state index is 0.00980. The molecule has 0 saturated carbocycles. The number of alkyl halides is 1. The maximum atomic E-state index is 13.8. The number of carboxylic acid groups (broad SMARTS) is 9. The number of hydrogen-bond acceptors (Lipinski definition) is 21. The first kappa shape index (κ1) is 79.2. The molecule has 504 valence electrons. The molecular weight excluding hydrogens is 1200 g/mol. The van der Waals surface area contributed by atoms with Gasteiger partial charge in [-0.3, -0.25) is 95.9 Å². The van der Waals surface area contributed by atoms with Gasteiger partial charge in [0.25, 0.3) is 0 Å². The minimum atomic E-state index is -1.71. The Bertz CT molecular complexity index is 2150. The molecule has 0 radical (unpaired) electrons. The van der Waals surface area contributed by atoms with Gasteiger partial charge in [0.1, 0.15) is 29.4 Å². The summed E-state index contributed by atoms with van der Waals surface area (Å²) in [5, 5.41) is 92.0. The smallest absolute Gasteiger partial charge is 0.320 e. The zero-order valence-corrected chi connectivity index (χ0v) is 49.4. The van der Waals surface area contributed by atoms with E-state index in [-0.39, 0.29) is 148 Å². The van der Waals surface area contributed by atoms with Crippen LogP contribution in [-0.2, 0) is 86.1 Å². The van der Waals surface area contributed by atoms with Gasteiger partial charge in [0.05, 0.1) is 85.6 Å². The summed E-state index contributed by atoms with van der Waals surface area (Å²) in [6.45, 7) is -8.52. The first-order valence-electron chi connectivity index (χ1n) is 28.7. The van der Waals surface area contributed by atoms with Gasteiger partial charge >= 0.3 is 53.7 Å². The van der Waals surface area contributed by atoms with Crippen LogP contribution in [0.2, 0.25) is 0 Å². The lowest BCUT2D eigenvalue weighted by Gasteiger charge is -2.34. The molecule has 34 nitrogen and oxygen atoms in total. The fourth-order valence-electron chi connectivity index (χ4n) is 9.44. The van der Waals surface area contributed by atoms with Crippen LogP contribution in [0.1, 0.15) is 116 Å². The number of nitrogens with one attached hydrogen (secondary N) is 3. The van der Waals surface area contributed by atoms with Crippen molar-refractivity contribution in [1.82, 2.24) is 35.6 Å². The fraction of sp³-hybridized carbons (Fsp3) is 0.722. The molecule has 4 atom stereocenters. The Morgan fingerprint density at radius 2 is 0.854 bits per heavy atom. The first-order chi connectivity index (χ1) is 42.0. The molecule has 0 aliphatic carbocycles. The average Bonchev–Trinajstić information content (AvgIpc) is 3.24. The Kier molecular flexibility index (Phi) is 38.9. The third-order valence-corrected chi connectivity index (χ3v) is 13.7. The molecule has 1 heterocycles. The third-order valence-electron chi connectivity index (χ3n) is 13.7. The van der Waals surface area contributed by atoms with E-state index in [1.807, 2.05) is 0 Å². The lowest BCUT2D eigenvalue weighted by molar-refractivity contribution is -0.152. The largest absolute Gasteiger partial charge is 0.480 e. The molecule has 12 N–H and O–H groups in total. The zero-order chi connectivity index (χ0) is 67.1. The Labute approximate surface area is 510 Å². The van der Waals surface area contributed by atoms with E-state index < -0.39 is 185 Å². The Balaban J connectivity index is 3.27. The topological polar surface area (TPSA) is 515 Å². The number of likely N-dealkylation sites (tertiary alicyclic amines) is 1.